The van der Waals surface area contributed by atoms with Crippen LogP contribution in [0.5, 0.6) is 0 Å². The molecule has 0 unspecified atom stereocenters. The number of hydrogen-bond acceptors (Lipinski definition) is 1. The van der Waals surface area contributed by atoms with Gasteiger partial charge in [-0.2, -0.15) is 0 Å². The SMILES string of the molecule is C=C(CN)c1cccc(C2CC2)c1. The van der Waals surface area contributed by atoms with E-state index < -0.39 is 0 Å². The summed E-state index contributed by atoms with van der Waals surface area (Å²) in [5.74, 6) is 0.811. The zero-order chi connectivity index (χ0) is 9.26. The molecule has 2 N–H and O–H groups in total. The van der Waals surface area contributed by atoms with Crippen molar-refractivity contribution in [1.29, 1.82) is 0 Å². The summed E-state index contributed by atoms with van der Waals surface area (Å²) in [7, 11) is 0. The van der Waals surface area contributed by atoms with Crippen LogP contribution in [-0.2, 0) is 0 Å². The first-order chi connectivity index (χ1) is 6.31. The molecule has 0 spiro atoms. The Morgan fingerprint density at radius 1 is 1.46 bits per heavy atom. The largest absolute Gasteiger partial charge is 0.326 e. The van der Waals surface area contributed by atoms with Crippen molar-refractivity contribution in [2.75, 3.05) is 6.54 Å². The lowest BCUT2D eigenvalue weighted by Crippen LogP contribution is -2.01. The highest BCUT2D eigenvalue weighted by atomic mass is 14.5. The minimum Gasteiger partial charge on any atom is -0.326 e. The van der Waals surface area contributed by atoms with Crippen molar-refractivity contribution in [2.24, 2.45) is 5.73 Å². The summed E-state index contributed by atoms with van der Waals surface area (Å²) in [6, 6.07) is 8.61. The summed E-state index contributed by atoms with van der Waals surface area (Å²) in [4.78, 5) is 0. The van der Waals surface area contributed by atoms with Gasteiger partial charge in [0.25, 0.3) is 0 Å². The summed E-state index contributed by atoms with van der Waals surface area (Å²) < 4.78 is 0. The minimum absolute atomic E-state index is 0.550. The van der Waals surface area contributed by atoms with Gasteiger partial charge in [-0.15, -0.1) is 0 Å². The zero-order valence-corrected chi connectivity index (χ0v) is 7.79. The smallest absolute Gasteiger partial charge is 0.0178 e. The quantitative estimate of drug-likeness (QED) is 0.746. The van der Waals surface area contributed by atoms with Gasteiger partial charge in [0.15, 0.2) is 0 Å². The number of rotatable bonds is 3. The lowest BCUT2D eigenvalue weighted by atomic mass is 10.0. The molecule has 13 heavy (non-hydrogen) atoms. The highest BCUT2D eigenvalue weighted by Crippen LogP contribution is 2.40. The van der Waals surface area contributed by atoms with Gasteiger partial charge in [0, 0.05) is 6.54 Å². The van der Waals surface area contributed by atoms with Gasteiger partial charge in [-0.05, 0) is 35.5 Å². The maximum Gasteiger partial charge on any atom is 0.0178 e. The number of hydrogen-bond donors (Lipinski definition) is 1. The van der Waals surface area contributed by atoms with Gasteiger partial charge in [-0.1, -0.05) is 30.8 Å². The lowest BCUT2D eigenvalue weighted by molar-refractivity contribution is 1.12. The molecule has 1 aliphatic carbocycles. The zero-order valence-electron chi connectivity index (χ0n) is 7.79. The maximum atomic E-state index is 5.55. The summed E-state index contributed by atoms with van der Waals surface area (Å²) in [6.07, 6.45) is 2.69. The summed E-state index contributed by atoms with van der Waals surface area (Å²) in [6.45, 7) is 4.49. The van der Waals surface area contributed by atoms with Crippen LogP contribution in [0.4, 0.5) is 0 Å². The molecule has 1 fully saturated rings. The molecule has 0 atom stereocenters. The van der Waals surface area contributed by atoms with Gasteiger partial charge in [0.1, 0.15) is 0 Å². The third kappa shape index (κ3) is 1.81. The fourth-order valence-corrected chi connectivity index (χ4v) is 1.55. The Bertz CT molecular complexity index is 324. The Morgan fingerprint density at radius 3 is 2.85 bits per heavy atom. The second-order valence-corrected chi connectivity index (χ2v) is 3.71. The number of nitrogens with two attached hydrogens (primary N) is 1. The predicted molar refractivity (Wildman–Crippen MR) is 56.5 cm³/mol. The van der Waals surface area contributed by atoms with E-state index >= 15 is 0 Å². The topological polar surface area (TPSA) is 26.0 Å². The van der Waals surface area contributed by atoms with Crippen LogP contribution < -0.4 is 5.73 Å². The predicted octanol–water partition coefficient (Wildman–Crippen LogP) is 2.54. The van der Waals surface area contributed by atoms with E-state index in [0.717, 1.165) is 11.5 Å². The first-order valence-corrected chi connectivity index (χ1v) is 4.79. The molecule has 1 aliphatic rings. The Hall–Kier alpha value is -1.08. The molecule has 0 saturated heterocycles. The van der Waals surface area contributed by atoms with Crippen LogP contribution in [0.25, 0.3) is 5.57 Å². The molecular formula is C12H15N. The van der Waals surface area contributed by atoms with Crippen LogP contribution in [0, 0.1) is 0 Å². The molecular weight excluding hydrogens is 158 g/mol. The van der Waals surface area contributed by atoms with Crippen molar-refractivity contribution in [3.8, 4) is 0 Å². The van der Waals surface area contributed by atoms with E-state index in [-0.39, 0.29) is 0 Å². The first kappa shape index (κ1) is 8.52. The molecule has 68 valence electrons. The Kier molecular flexibility index (Phi) is 2.19. The van der Waals surface area contributed by atoms with Crippen molar-refractivity contribution < 1.29 is 0 Å². The van der Waals surface area contributed by atoms with E-state index in [0.29, 0.717) is 6.54 Å². The molecule has 1 aromatic carbocycles. The number of benzene rings is 1. The Labute approximate surface area is 79.3 Å². The average Bonchev–Trinajstić information content (AvgIpc) is 3.00. The summed E-state index contributed by atoms with van der Waals surface area (Å²) in [5, 5.41) is 0. The van der Waals surface area contributed by atoms with Crippen molar-refractivity contribution in [3.63, 3.8) is 0 Å². The Morgan fingerprint density at radius 2 is 2.23 bits per heavy atom. The van der Waals surface area contributed by atoms with Crippen LogP contribution in [-0.4, -0.2) is 6.54 Å². The Balaban J connectivity index is 2.26. The average molecular weight is 173 g/mol. The molecule has 1 aromatic rings. The van der Waals surface area contributed by atoms with Crippen LogP contribution in [0.1, 0.15) is 29.9 Å². The monoisotopic (exact) mass is 173 g/mol. The van der Waals surface area contributed by atoms with E-state index in [1.165, 1.54) is 24.0 Å². The molecule has 2 rings (SSSR count). The summed E-state index contributed by atoms with van der Waals surface area (Å²) >= 11 is 0. The molecule has 0 aromatic heterocycles. The van der Waals surface area contributed by atoms with E-state index in [2.05, 4.69) is 30.8 Å². The van der Waals surface area contributed by atoms with E-state index in [4.69, 9.17) is 5.73 Å². The van der Waals surface area contributed by atoms with E-state index in [1.807, 2.05) is 0 Å². The van der Waals surface area contributed by atoms with Crippen molar-refractivity contribution in [1.82, 2.24) is 0 Å². The van der Waals surface area contributed by atoms with Crippen LogP contribution >= 0.6 is 0 Å². The summed E-state index contributed by atoms with van der Waals surface area (Å²) in [5.41, 5.74) is 9.23. The maximum absolute atomic E-state index is 5.55. The second kappa shape index (κ2) is 3.35. The molecule has 1 saturated carbocycles. The molecule has 1 heteroatoms. The minimum atomic E-state index is 0.550. The molecule has 0 heterocycles. The molecule has 1 nitrogen and oxygen atoms in total. The highest BCUT2D eigenvalue weighted by molar-refractivity contribution is 5.65. The van der Waals surface area contributed by atoms with Gasteiger partial charge < -0.3 is 5.73 Å². The van der Waals surface area contributed by atoms with E-state index in [1.54, 1.807) is 0 Å². The fraction of sp³-hybridized carbons (Fsp3) is 0.333. The normalized spacial score (nSPS) is 15.8. The standard InChI is InChI=1S/C12H15N/c1-9(8-13)11-3-2-4-12(7-11)10-5-6-10/h2-4,7,10H,1,5-6,8,13H2. The third-order valence-electron chi connectivity index (χ3n) is 2.59. The fourth-order valence-electron chi connectivity index (χ4n) is 1.55. The van der Waals surface area contributed by atoms with Gasteiger partial charge >= 0.3 is 0 Å². The highest BCUT2D eigenvalue weighted by Gasteiger charge is 2.23. The van der Waals surface area contributed by atoms with Crippen LogP contribution in [0.15, 0.2) is 30.8 Å². The second-order valence-electron chi connectivity index (χ2n) is 3.71. The molecule has 0 amide bonds. The van der Waals surface area contributed by atoms with Gasteiger partial charge in [0.05, 0.1) is 0 Å². The van der Waals surface area contributed by atoms with Gasteiger partial charge in [-0.25, -0.2) is 0 Å². The molecule has 0 aliphatic heterocycles. The van der Waals surface area contributed by atoms with Gasteiger partial charge in [0.2, 0.25) is 0 Å². The van der Waals surface area contributed by atoms with Crippen molar-refractivity contribution in [2.45, 2.75) is 18.8 Å². The van der Waals surface area contributed by atoms with Crippen molar-refractivity contribution >= 4 is 5.57 Å². The van der Waals surface area contributed by atoms with E-state index in [9.17, 15) is 0 Å². The van der Waals surface area contributed by atoms with Crippen LogP contribution in [0.3, 0.4) is 0 Å². The third-order valence-corrected chi connectivity index (χ3v) is 2.59. The molecule has 0 bridgehead atoms. The first-order valence-electron chi connectivity index (χ1n) is 4.79. The van der Waals surface area contributed by atoms with Gasteiger partial charge in [-0.3, -0.25) is 0 Å². The van der Waals surface area contributed by atoms with Crippen LogP contribution in [0.2, 0.25) is 0 Å². The lowest BCUT2D eigenvalue weighted by Gasteiger charge is -2.04. The molecule has 0 radical (unpaired) electrons. The van der Waals surface area contributed by atoms with Crippen molar-refractivity contribution in [3.05, 3.63) is 42.0 Å².